The van der Waals surface area contributed by atoms with Gasteiger partial charge in [0.1, 0.15) is 5.69 Å². The number of amides is 1. The van der Waals surface area contributed by atoms with E-state index < -0.39 is 0 Å². The highest BCUT2D eigenvalue weighted by atomic mass is 16.1. The third-order valence-corrected chi connectivity index (χ3v) is 3.21. The summed E-state index contributed by atoms with van der Waals surface area (Å²) in [4.78, 5) is 16.6. The van der Waals surface area contributed by atoms with E-state index in [1.165, 1.54) is 0 Å². The monoisotopic (exact) mass is 291 g/mol. The third-order valence-electron chi connectivity index (χ3n) is 3.21. The van der Waals surface area contributed by atoms with Crippen LogP contribution in [0.15, 0.2) is 36.4 Å². The van der Waals surface area contributed by atoms with E-state index in [2.05, 4.69) is 15.4 Å². The average molecular weight is 291 g/mol. The van der Waals surface area contributed by atoms with Gasteiger partial charge in [0.25, 0.3) is 5.91 Å². The number of nitriles is 1. The SMILES string of the molecule is Cc1cc2nc(C(=O)Nc3cccc(C#N)c3)cc(C)n2n1. The van der Waals surface area contributed by atoms with Crippen LogP contribution in [0.5, 0.6) is 0 Å². The Labute approximate surface area is 127 Å². The van der Waals surface area contributed by atoms with Crippen LogP contribution in [0.25, 0.3) is 5.65 Å². The molecule has 22 heavy (non-hydrogen) atoms. The fraction of sp³-hybridized carbons (Fsp3) is 0.125. The number of nitrogens with zero attached hydrogens (tertiary/aromatic N) is 4. The van der Waals surface area contributed by atoms with Gasteiger partial charge in [-0.2, -0.15) is 10.4 Å². The smallest absolute Gasteiger partial charge is 0.274 e. The van der Waals surface area contributed by atoms with Crippen LogP contribution in [0.2, 0.25) is 0 Å². The molecule has 6 heteroatoms. The molecule has 1 N–H and O–H groups in total. The summed E-state index contributed by atoms with van der Waals surface area (Å²) in [7, 11) is 0. The van der Waals surface area contributed by atoms with Gasteiger partial charge in [0.2, 0.25) is 0 Å². The molecular formula is C16H13N5O. The summed E-state index contributed by atoms with van der Waals surface area (Å²) in [6.07, 6.45) is 0. The number of fused-ring (bicyclic) bond motifs is 1. The van der Waals surface area contributed by atoms with Gasteiger partial charge in [-0.25, -0.2) is 9.50 Å². The number of aromatic nitrogens is 3. The fourth-order valence-electron chi connectivity index (χ4n) is 2.22. The van der Waals surface area contributed by atoms with Crippen LogP contribution >= 0.6 is 0 Å². The van der Waals surface area contributed by atoms with E-state index in [0.717, 1.165) is 11.4 Å². The topological polar surface area (TPSA) is 83.1 Å². The van der Waals surface area contributed by atoms with E-state index in [-0.39, 0.29) is 5.91 Å². The Morgan fingerprint density at radius 3 is 2.86 bits per heavy atom. The van der Waals surface area contributed by atoms with E-state index >= 15 is 0 Å². The second-order valence-electron chi connectivity index (χ2n) is 4.99. The van der Waals surface area contributed by atoms with Crippen LogP contribution in [-0.4, -0.2) is 20.5 Å². The number of hydrogen-bond acceptors (Lipinski definition) is 4. The van der Waals surface area contributed by atoms with Gasteiger partial charge in [-0.1, -0.05) is 6.07 Å². The van der Waals surface area contributed by atoms with Crippen molar-refractivity contribution in [2.24, 2.45) is 0 Å². The van der Waals surface area contributed by atoms with E-state index in [9.17, 15) is 4.79 Å². The van der Waals surface area contributed by atoms with Crippen LogP contribution in [0.4, 0.5) is 5.69 Å². The molecule has 6 nitrogen and oxygen atoms in total. The number of rotatable bonds is 2. The van der Waals surface area contributed by atoms with Gasteiger partial charge in [-0.3, -0.25) is 4.79 Å². The van der Waals surface area contributed by atoms with Crippen molar-refractivity contribution < 1.29 is 4.79 Å². The zero-order valence-electron chi connectivity index (χ0n) is 12.2. The van der Waals surface area contributed by atoms with Crippen LogP contribution in [0, 0.1) is 25.2 Å². The second-order valence-corrected chi connectivity index (χ2v) is 4.99. The maximum atomic E-state index is 12.3. The average Bonchev–Trinajstić information content (AvgIpc) is 2.88. The summed E-state index contributed by atoms with van der Waals surface area (Å²) >= 11 is 0. The number of aryl methyl sites for hydroxylation is 2. The van der Waals surface area contributed by atoms with Gasteiger partial charge in [-0.15, -0.1) is 0 Å². The van der Waals surface area contributed by atoms with Crippen molar-refractivity contribution in [3.63, 3.8) is 0 Å². The summed E-state index contributed by atoms with van der Waals surface area (Å²) in [5.41, 5.74) is 3.67. The number of carbonyl (C=O) groups is 1. The highest BCUT2D eigenvalue weighted by Crippen LogP contribution is 2.13. The molecule has 0 radical (unpaired) electrons. The largest absolute Gasteiger partial charge is 0.321 e. The highest BCUT2D eigenvalue weighted by molar-refractivity contribution is 6.03. The van der Waals surface area contributed by atoms with Crippen molar-refractivity contribution in [3.05, 3.63) is 59.0 Å². The lowest BCUT2D eigenvalue weighted by Crippen LogP contribution is -2.15. The highest BCUT2D eigenvalue weighted by Gasteiger charge is 2.12. The van der Waals surface area contributed by atoms with E-state index in [0.29, 0.717) is 22.6 Å². The molecule has 0 atom stereocenters. The molecular weight excluding hydrogens is 278 g/mol. The molecule has 3 aromatic rings. The maximum Gasteiger partial charge on any atom is 0.274 e. The number of hydrogen-bond donors (Lipinski definition) is 1. The van der Waals surface area contributed by atoms with Gasteiger partial charge >= 0.3 is 0 Å². The molecule has 0 aliphatic carbocycles. The van der Waals surface area contributed by atoms with Gasteiger partial charge in [-0.05, 0) is 38.1 Å². The first-order valence-corrected chi connectivity index (χ1v) is 6.72. The summed E-state index contributed by atoms with van der Waals surface area (Å²) < 4.78 is 1.70. The lowest BCUT2D eigenvalue weighted by atomic mass is 10.2. The quantitative estimate of drug-likeness (QED) is 0.786. The number of carbonyl (C=O) groups excluding carboxylic acids is 1. The van der Waals surface area contributed by atoms with Crippen molar-refractivity contribution in [1.29, 1.82) is 5.26 Å². The van der Waals surface area contributed by atoms with E-state index in [1.807, 2.05) is 26.0 Å². The van der Waals surface area contributed by atoms with Gasteiger partial charge < -0.3 is 5.32 Å². The van der Waals surface area contributed by atoms with Crippen LogP contribution in [0.3, 0.4) is 0 Å². The molecule has 0 bridgehead atoms. The zero-order chi connectivity index (χ0) is 15.7. The summed E-state index contributed by atoms with van der Waals surface area (Å²) in [6.45, 7) is 3.75. The molecule has 0 unspecified atom stereocenters. The van der Waals surface area contributed by atoms with E-state index in [1.54, 1.807) is 34.8 Å². The molecule has 0 aliphatic heterocycles. The molecule has 0 spiro atoms. The van der Waals surface area contributed by atoms with Crippen molar-refractivity contribution in [1.82, 2.24) is 14.6 Å². The maximum absolute atomic E-state index is 12.3. The van der Waals surface area contributed by atoms with Crippen LogP contribution in [-0.2, 0) is 0 Å². The molecule has 1 amide bonds. The Morgan fingerprint density at radius 2 is 2.09 bits per heavy atom. The Kier molecular flexibility index (Phi) is 3.31. The summed E-state index contributed by atoms with van der Waals surface area (Å²) in [5, 5.41) is 15.9. The molecule has 2 heterocycles. The Morgan fingerprint density at radius 1 is 1.27 bits per heavy atom. The first-order valence-electron chi connectivity index (χ1n) is 6.72. The minimum Gasteiger partial charge on any atom is -0.321 e. The first kappa shape index (κ1) is 13.8. The van der Waals surface area contributed by atoms with Gasteiger partial charge in [0.15, 0.2) is 5.65 Å². The molecule has 3 rings (SSSR count). The standard InChI is InChI=1S/C16H13N5O/c1-10-6-15-19-14(7-11(2)21(15)20-10)16(22)18-13-5-3-4-12(8-13)9-17/h3-8H,1-2H3,(H,18,22). The summed E-state index contributed by atoms with van der Waals surface area (Å²) in [6, 6.07) is 12.3. The van der Waals surface area contributed by atoms with Crippen molar-refractivity contribution in [2.45, 2.75) is 13.8 Å². The molecule has 0 saturated carbocycles. The van der Waals surface area contributed by atoms with Gasteiger partial charge in [0.05, 0.1) is 17.3 Å². The normalized spacial score (nSPS) is 10.4. The number of nitrogens with one attached hydrogen (secondary N) is 1. The minimum absolute atomic E-state index is 0.312. The molecule has 0 saturated heterocycles. The Hall–Kier alpha value is -3.20. The molecule has 2 aromatic heterocycles. The van der Waals surface area contributed by atoms with Crippen molar-refractivity contribution >= 4 is 17.2 Å². The molecule has 0 fully saturated rings. The number of benzene rings is 1. The summed E-state index contributed by atoms with van der Waals surface area (Å²) in [5.74, 6) is -0.320. The Bertz CT molecular complexity index is 920. The second kappa shape index (κ2) is 5.30. The third kappa shape index (κ3) is 2.52. The van der Waals surface area contributed by atoms with Crippen molar-refractivity contribution in [2.75, 3.05) is 5.32 Å². The minimum atomic E-state index is -0.320. The molecule has 108 valence electrons. The Balaban J connectivity index is 1.93. The predicted molar refractivity (Wildman–Crippen MR) is 81.6 cm³/mol. The number of anilines is 1. The lowest BCUT2D eigenvalue weighted by Gasteiger charge is -2.06. The zero-order valence-corrected chi connectivity index (χ0v) is 12.2. The lowest BCUT2D eigenvalue weighted by molar-refractivity contribution is 0.102. The van der Waals surface area contributed by atoms with Crippen LogP contribution < -0.4 is 5.32 Å². The first-order chi connectivity index (χ1) is 10.6. The van der Waals surface area contributed by atoms with Crippen LogP contribution in [0.1, 0.15) is 27.4 Å². The molecule has 1 aromatic carbocycles. The predicted octanol–water partition coefficient (Wildman–Crippen LogP) is 2.47. The van der Waals surface area contributed by atoms with Gasteiger partial charge in [0, 0.05) is 17.4 Å². The fourth-order valence-corrected chi connectivity index (χ4v) is 2.22. The molecule has 0 aliphatic rings. The van der Waals surface area contributed by atoms with E-state index in [4.69, 9.17) is 5.26 Å². The van der Waals surface area contributed by atoms with Crippen molar-refractivity contribution in [3.8, 4) is 6.07 Å².